The van der Waals surface area contributed by atoms with Crippen LogP contribution in [0.25, 0.3) is 0 Å². The molecule has 0 radical (unpaired) electrons. The van der Waals surface area contributed by atoms with Crippen molar-refractivity contribution >= 4 is 5.69 Å². The lowest BCUT2D eigenvalue weighted by atomic mass is 10.2. The van der Waals surface area contributed by atoms with E-state index in [9.17, 15) is 0 Å². The van der Waals surface area contributed by atoms with Gasteiger partial charge in [-0.15, -0.1) is 0 Å². The van der Waals surface area contributed by atoms with Crippen LogP contribution in [0.2, 0.25) is 0 Å². The summed E-state index contributed by atoms with van der Waals surface area (Å²) in [4.78, 5) is 0. The summed E-state index contributed by atoms with van der Waals surface area (Å²) in [7, 11) is 0. The molecule has 96 valence electrons. The van der Waals surface area contributed by atoms with Gasteiger partial charge < -0.3 is 10.5 Å². The van der Waals surface area contributed by atoms with Gasteiger partial charge in [0.25, 0.3) is 0 Å². The predicted octanol–water partition coefficient (Wildman–Crippen LogP) is 2.68. The van der Waals surface area contributed by atoms with Crippen molar-refractivity contribution in [2.45, 2.75) is 33.9 Å². The summed E-state index contributed by atoms with van der Waals surface area (Å²) in [6.45, 7) is 7.36. The molecular formula is C14H19N3O. The number of anilines is 1. The molecule has 2 N–H and O–H groups in total. The van der Waals surface area contributed by atoms with E-state index in [2.05, 4.69) is 12.0 Å². The van der Waals surface area contributed by atoms with Gasteiger partial charge in [-0.1, -0.05) is 12.1 Å². The molecule has 2 rings (SSSR count). The maximum atomic E-state index is 5.98. The van der Waals surface area contributed by atoms with Crippen LogP contribution in [-0.4, -0.2) is 9.78 Å². The highest BCUT2D eigenvalue weighted by Crippen LogP contribution is 2.25. The summed E-state index contributed by atoms with van der Waals surface area (Å²) < 4.78 is 7.72. The summed E-state index contributed by atoms with van der Waals surface area (Å²) in [6.07, 6.45) is 0. The molecule has 2 aromatic rings. The van der Waals surface area contributed by atoms with E-state index in [0.717, 1.165) is 29.2 Å². The molecule has 0 atom stereocenters. The molecule has 0 saturated carbocycles. The fourth-order valence-electron chi connectivity index (χ4n) is 1.92. The Morgan fingerprint density at radius 2 is 2.11 bits per heavy atom. The lowest BCUT2D eigenvalue weighted by Crippen LogP contribution is -2.07. The van der Waals surface area contributed by atoms with Crippen molar-refractivity contribution in [2.24, 2.45) is 0 Å². The van der Waals surface area contributed by atoms with Crippen LogP contribution in [0.5, 0.6) is 5.75 Å². The van der Waals surface area contributed by atoms with Crippen LogP contribution < -0.4 is 10.5 Å². The Morgan fingerprint density at radius 1 is 1.33 bits per heavy atom. The van der Waals surface area contributed by atoms with Gasteiger partial charge in [-0.2, -0.15) is 5.10 Å². The fourth-order valence-corrected chi connectivity index (χ4v) is 1.92. The molecule has 0 amide bonds. The Labute approximate surface area is 107 Å². The number of nitrogens with two attached hydrogens (primary N) is 1. The first-order chi connectivity index (χ1) is 8.61. The van der Waals surface area contributed by atoms with E-state index in [0.29, 0.717) is 12.3 Å². The zero-order valence-corrected chi connectivity index (χ0v) is 11.1. The Hall–Kier alpha value is -1.97. The first-order valence-corrected chi connectivity index (χ1v) is 6.13. The Kier molecular flexibility index (Phi) is 3.55. The highest BCUT2D eigenvalue weighted by atomic mass is 16.5. The monoisotopic (exact) mass is 245 g/mol. The molecule has 0 aliphatic rings. The van der Waals surface area contributed by atoms with E-state index in [1.807, 2.05) is 42.8 Å². The van der Waals surface area contributed by atoms with Gasteiger partial charge in [-0.05, 0) is 38.5 Å². The van der Waals surface area contributed by atoms with Gasteiger partial charge in [0.05, 0.1) is 17.1 Å². The fraction of sp³-hybridized carbons (Fsp3) is 0.357. The topological polar surface area (TPSA) is 53.1 Å². The second kappa shape index (κ2) is 5.12. The van der Waals surface area contributed by atoms with Crippen LogP contribution in [0, 0.1) is 13.8 Å². The van der Waals surface area contributed by atoms with Gasteiger partial charge in [0.2, 0.25) is 0 Å². The van der Waals surface area contributed by atoms with Crippen LogP contribution in [0.1, 0.15) is 23.9 Å². The quantitative estimate of drug-likeness (QED) is 0.842. The van der Waals surface area contributed by atoms with Gasteiger partial charge in [0.1, 0.15) is 12.4 Å². The maximum absolute atomic E-state index is 5.98. The van der Waals surface area contributed by atoms with Gasteiger partial charge in [0.15, 0.2) is 0 Å². The zero-order chi connectivity index (χ0) is 13.1. The molecule has 18 heavy (non-hydrogen) atoms. The standard InChI is InChI=1S/C14H19N3O/c1-4-17-12(8-11(3)16-17)9-18-13-7-5-6-10(2)14(13)15/h5-8H,4,9,15H2,1-3H3. The molecule has 0 saturated heterocycles. The molecular weight excluding hydrogens is 226 g/mol. The third-order valence-electron chi connectivity index (χ3n) is 2.94. The molecule has 0 aliphatic heterocycles. The molecule has 0 fully saturated rings. The molecule has 1 heterocycles. The Morgan fingerprint density at radius 3 is 2.83 bits per heavy atom. The average Bonchev–Trinajstić information content (AvgIpc) is 2.71. The maximum Gasteiger partial charge on any atom is 0.143 e. The molecule has 1 aromatic carbocycles. The van der Waals surface area contributed by atoms with E-state index in [1.54, 1.807) is 0 Å². The first-order valence-electron chi connectivity index (χ1n) is 6.13. The smallest absolute Gasteiger partial charge is 0.143 e. The predicted molar refractivity (Wildman–Crippen MR) is 72.6 cm³/mol. The summed E-state index contributed by atoms with van der Waals surface area (Å²) in [5.74, 6) is 0.733. The van der Waals surface area contributed by atoms with E-state index in [4.69, 9.17) is 10.5 Å². The number of nitrogen functional groups attached to an aromatic ring is 1. The van der Waals surface area contributed by atoms with Crippen LogP contribution >= 0.6 is 0 Å². The summed E-state index contributed by atoms with van der Waals surface area (Å²) >= 11 is 0. The molecule has 0 bridgehead atoms. The van der Waals surface area contributed by atoms with E-state index >= 15 is 0 Å². The molecule has 0 aliphatic carbocycles. The third kappa shape index (κ3) is 2.47. The van der Waals surface area contributed by atoms with Crippen molar-refractivity contribution in [3.63, 3.8) is 0 Å². The highest BCUT2D eigenvalue weighted by molar-refractivity contribution is 5.57. The van der Waals surface area contributed by atoms with Crippen LogP contribution in [0.4, 0.5) is 5.69 Å². The number of ether oxygens (including phenoxy) is 1. The number of hydrogen-bond acceptors (Lipinski definition) is 3. The molecule has 1 aromatic heterocycles. The van der Waals surface area contributed by atoms with Gasteiger partial charge >= 0.3 is 0 Å². The summed E-state index contributed by atoms with van der Waals surface area (Å²) in [6, 6.07) is 7.85. The SMILES string of the molecule is CCn1nc(C)cc1COc1cccc(C)c1N. The normalized spacial score (nSPS) is 10.6. The largest absolute Gasteiger partial charge is 0.485 e. The van der Waals surface area contributed by atoms with Gasteiger partial charge in [-0.25, -0.2) is 0 Å². The van der Waals surface area contributed by atoms with Crippen molar-refractivity contribution in [3.8, 4) is 5.75 Å². The van der Waals surface area contributed by atoms with Crippen molar-refractivity contribution in [1.29, 1.82) is 0 Å². The van der Waals surface area contributed by atoms with E-state index < -0.39 is 0 Å². The van der Waals surface area contributed by atoms with Crippen LogP contribution in [0.15, 0.2) is 24.3 Å². The number of hydrogen-bond donors (Lipinski definition) is 1. The highest BCUT2D eigenvalue weighted by Gasteiger charge is 2.07. The lowest BCUT2D eigenvalue weighted by Gasteiger charge is -2.11. The number of benzene rings is 1. The minimum absolute atomic E-state index is 0.488. The van der Waals surface area contributed by atoms with Crippen molar-refractivity contribution in [2.75, 3.05) is 5.73 Å². The Balaban J connectivity index is 2.13. The van der Waals surface area contributed by atoms with E-state index in [1.165, 1.54) is 0 Å². The minimum atomic E-state index is 0.488. The molecule has 0 unspecified atom stereocenters. The second-order valence-corrected chi connectivity index (χ2v) is 4.37. The lowest BCUT2D eigenvalue weighted by molar-refractivity contribution is 0.294. The molecule has 0 spiro atoms. The van der Waals surface area contributed by atoms with Crippen molar-refractivity contribution in [1.82, 2.24) is 9.78 Å². The molecule has 4 nitrogen and oxygen atoms in total. The number of aromatic nitrogens is 2. The van der Waals surface area contributed by atoms with Gasteiger partial charge in [-0.3, -0.25) is 4.68 Å². The average molecular weight is 245 g/mol. The number of aryl methyl sites for hydroxylation is 3. The zero-order valence-electron chi connectivity index (χ0n) is 11.1. The van der Waals surface area contributed by atoms with Crippen LogP contribution in [0.3, 0.4) is 0 Å². The van der Waals surface area contributed by atoms with Gasteiger partial charge in [0, 0.05) is 6.54 Å². The first kappa shape index (κ1) is 12.5. The van der Waals surface area contributed by atoms with Crippen molar-refractivity contribution in [3.05, 3.63) is 41.2 Å². The second-order valence-electron chi connectivity index (χ2n) is 4.37. The summed E-state index contributed by atoms with van der Waals surface area (Å²) in [5.41, 5.74) is 9.79. The Bertz CT molecular complexity index is 546. The third-order valence-corrected chi connectivity index (χ3v) is 2.94. The molecule has 4 heteroatoms. The minimum Gasteiger partial charge on any atom is -0.485 e. The number of nitrogens with zero attached hydrogens (tertiary/aromatic N) is 2. The number of rotatable bonds is 4. The number of para-hydroxylation sites is 1. The summed E-state index contributed by atoms with van der Waals surface area (Å²) in [5, 5.41) is 4.39. The van der Waals surface area contributed by atoms with E-state index in [-0.39, 0.29) is 0 Å². The van der Waals surface area contributed by atoms with Crippen LogP contribution in [-0.2, 0) is 13.2 Å². The van der Waals surface area contributed by atoms with Crippen molar-refractivity contribution < 1.29 is 4.74 Å².